The standard InChI is InChI=1S/C24H24FN5O2/c1-16-13-21-26-9-12-30(21)15-20(16)24-27-22(14-23(28-24)31-2)29-10-7-19(8-11-29)32-18-5-3-17(25)4-6-18/h3-6,9,12-15,19H,7-8,10-11H2,1-2H3. The molecule has 5 rings (SSSR count). The number of pyridine rings is 1. The topological polar surface area (TPSA) is 64.8 Å². The fourth-order valence-electron chi connectivity index (χ4n) is 4.00. The van der Waals surface area contributed by atoms with Gasteiger partial charge in [-0.3, -0.25) is 0 Å². The van der Waals surface area contributed by atoms with Crippen LogP contribution in [-0.2, 0) is 0 Å². The number of benzene rings is 1. The first-order valence-corrected chi connectivity index (χ1v) is 10.6. The predicted octanol–water partition coefficient (Wildman–Crippen LogP) is 4.30. The van der Waals surface area contributed by atoms with Crippen LogP contribution in [0, 0.1) is 12.7 Å². The Bertz CT molecular complexity index is 1230. The van der Waals surface area contributed by atoms with Crippen LogP contribution in [0.1, 0.15) is 18.4 Å². The van der Waals surface area contributed by atoms with Crippen LogP contribution < -0.4 is 14.4 Å². The lowest BCUT2D eigenvalue weighted by atomic mass is 10.1. The molecule has 32 heavy (non-hydrogen) atoms. The lowest BCUT2D eigenvalue weighted by Crippen LogP contribution is -2.38. The summed E-state index contributed by atoms with van der Waals surface area (Å²) in [5, 5.41) is 0. The predicted molar refractivity (Wildman–Crippen MR) is 120 cm³/mol. The van der Waals surface area contributed by atoms with E-state index in [1.807, 2.05) is 35.9 Å². The van der Waals surface area contributed by atoms with Crippen LogP contribution in [0.2, 0.25) is 0 Å². The minimum atomic E-state index is -0.261. The summed E-state index contributed by atoms with van der Waals surface area (Å²) in [6.45, 7) is 3.63. The maximum Gasteiger partial charge on any atom is 0.218 e. The Kier molecular flexibility index (Phi) is 5.34. The van der Waals surface area contributed by atoms with Crippen LogP contribution in [0.25, 0.3) is 17.0 Å². The van der Waals surface area contributed by atoms with E-state index in [0.717, 1.165) is 48.5 Å². The molecule has 4 aromatic rings. The summed E-state index contributed by atoms with van der Waals surface area (Å²) in [5.41, 5.74) is 2.87. The van der Waals surface area contributed by atoms with Gasteiger partial charge in [-0.15, -0.1) is 0 Å². The number of hydrogen-bond donors (Lipinski definition) is 0. The number of rotatable bonds is 5. The summed E-state index contributed by atoms with van der Waals surface area (Å²) in [6, 6.07) is 10.1. The highest BCUT2D eigenvalue weighted by molar-refractivity contribution is 5.65. The number of piperidine rings is 1. The number of fused-ring (bicyclic) bond motifs is 1. The number of methoxy groups -OCH3 is 1. The fraction of sp³-hybridized carbons (Fsp3) is 0.292. The van der Waals surface area contributed by atoms with Gasteiger partial charge in [0.05, 0.1) is 7.11 Å². The van der Waals surface area contributed by atoms with E-state index < -0.39 is 0 Å². The molecule has 0 saturated carbocycles. The summed E-state index contributed by atoms with van der Waals surface area (Å²) in [7, 11) is 1.62. The normalized spacial score (nSPS) is 14.7. The molecule has 0 unspecified atom stereocenters. The second-order valence-corrected chi connectivity index (χ2v) is 7.91. The number of aromatic nitrogens is 4. The first-order valence-electron chi connectivity index (χ1n) is 10.6. The molecule has 0 atom stereocenters. The minimum Gasteiger partial charge on any atom is -0.490 e. The highest BCUT2D eigenvalue weighted by Gasteiger charge is 2.23. The van der Waals surface area contributed by atoms with Gasteiger partial charge in [-0.25, -0.2) is 14.4 Å². The molecule has 0 N–H and O–H groups in total. The first kappa shape index (κ1) is 20.2. The molecule has 1 saturated heterocycles. The molecule has 8 heteroatoms. The zero-order chi connectivity index (χ0) is 22.1. The Morgan fingerprint density at radius 3 is 2.59 bits per heavy atom. The number of anilines is 1. The van der Waals surface area contributed by atoms with Crippen molar-refractivity contribution in [3.63, 3.8) is 0 Å². The van der Waals surface area contributed by atoms with Crippen molar-refractivity contribution in [2.45, 2.75) is 25.9 Å². The Hall–Kier alpha value is -3.68. The van der Waals surface area contributed by atoms with E-state index in [2.05, 4.69) is 14.9 Å². The highest BCUT2D eigenvalue weighted by atomic mass is 19.1. The van der Waals surface area contributed by atoms with E-state index in [1.165, 1.54) is 12.1 Å². The van der Waals surface area contributed by atoms with Crippen LogP contribution in [0.15, 0.2) is 55.0 Å². The number of aryl methyl sites for hydroxylation is 1. The molecule has 164 valence electrons. The maximum atomic E-state index is 13.1. The van der Waals surface area contributed by atoms with Crippen molar-refractivity contribution in [3.05, 3.63) is 66.4 Å². The Balaban J connectivity index is 1.36. The minimum absolute atomic E-state index is 0.0887. The van der Waals surface area contributed by atoms with Gasteiger partial charge >= 0.3 is 0 Å². The quantitative estimate of drug-likeness (QED) is 0.468. The van der Waals surface area contributed by atoms with E-state index in [0.29, 0.717) is 17.5 Å². The van der Waals surface area contributed by atoms with Crippen LogP contribution >= 0.6 is 0 Å². The Morgan fingerprint density at radius 1 is 1.06 bits per heavy atom. The van der Waals surface area contributed by atoms with Gasteiger partial charge in [0.2, 0.25) is 5.88 Å². The molecule has 1 aromatic carbocycles. The van der Waals surface area contributed by atoms with Gasteiger partial charge in [-0.1, -0.05) is 0 Å². The second kappa shape index (κ2) is 8.45. The number of halogens is 1. The molecule has 0 bridgehead atoms. The number of imidazole rings is 1. The molecule has 1 fully saturated rings. The zero-order valence-electron chi connectivity index (χ0n) is 18.0. The molecule has 0 spiro atoms. The lowest BCUT2D eigenvalue weighted by Gasteiger charge is -2.33. The Labute approximate surface area is 185 Å². The molecular weight excluding hydrogens is 409 g/mol. The van der Waals surface area contributed by atoms with E-state index in [-0.39, 0.29) is 11.9 Å². The van der Waals surface area contributed by atoms with E-state index in [9.17, 15) is 4.39 Å². The largest absolute Gasteiger partial charge is 0.490 e. The van der Waals surface area contributed by atoms with Gasteiger partial charge in [0.1, 0.15) is 29.1 Å². The summed E-state index contributed by atoms with van der Waals surface area (Å²) >= 11 is 0. The van der Waals surface area contributed by atoms with Gasteiger partial charge in [0.25, 0.3) is 0 Å². The number of ether oxygens (including phenoxy) is 2. The van der Waals surface area contributed by atoms with Gasteiger partial charge in [-0.2, -0.15) is 4.98 Å². The van der Waals surface area contributed by atoms with Crippen molar-refractivity contribution in [2.75, 3.05) is 25.1 Å². The monoisotopic (exact) mass is 433 g/mol. The maximum absolute atomic E-state index is 13.1. The summed E-state index contributed by atoms with van der Waals surface area (Å²) in [5.74, 6) is 2.42. The number of hydrogen-bond acceptors (Lipinski definition) is 6. The average molecular weight is 433 g/mol. The molecule has 7 nitrogen and oxygen atoms in total. The van der Waals surface area contributed by atoms with Gasteiger partial charge in [0.15, 0.2) is 5.82 Å². The third-order valence-electron chi connectivity index (χ3n) is 5.76. The lowest BCUT2D eigenvalue weighted by molar-refractivity contribution is 0.170. The average Bonchev–Trinajstić information content (AvgIpc) is 3.27. The number of nitrogens with zero attached hydrogens (tertiary/aromatic N) is 5. The molecule has 0 radical (unpaired) electrons. The third-order valence-corrected chi connectivity index (χ3v) is 5.76. The summed E-state index contributed by atoms with van der Waals surface area (Å²) in [6.07, 6.45) is 7.46. The van der Waals surface area contributed by atoms with Crippen molar-refractivity contribution in [3.8, 4) is 23.0 Å². The smallest absolute Gasteiger partial charge is 0.218 e. The van der Waals surface area contributed by atoms with Crippen molar-refractivity contribution in [1.29, 1.82) is 0 Å². The molecule has 4 heterocycles. The first-order chi connectivity index (χ1) is 15.6. The summed E-state index contributed by atoms with van der Waals surface area (Å²) in [4.78, 5) is 16.0. The van der Waals surface area contributed by atoms with Crippen LogP contribution in [-0.4, -0.2) is 45.7 Å². The summed E-state index contributed by atoms with van der Waals surface area (Å²) < 4.78 is 26.6. The van der Waals surface area contributed by atoms with E-state index in [4.69, 9.17) is 14.5 Å². The van der Waals surface area contributed by atoms with Crippen molar-refractivity contribution in [2.24, 2.45) is 0 Å². The van der Waals surface area contributed by atoms with Crippen molar-refractivity contribution < 1.29 is 13.9 Å². The highest BCUT2D eigenvalue weighted by Crippen LogP contribution is 2.29. The molecule has 1 aliphatic heterocycles. The molecule has 0 amide bonds. The van der Waals surface area contributed by atoms with E-state index in [1.54, 1.807) is 25.4 Å². The van der Waals surface area contributed by atoms with Gasteiger partial charge in [-0.05, 0) is 42.8 Å². The van der Waals surface area contributed by atoms with Crippen LogP contribution in [0.5, 0.6) is 11.6 Å². The van der Waals surface area contributed by atoms with Crippen molar-refractivity contribution in [1.82, 2.24) is 19.4 Å². The van der Waals surface area contributed by atoms with Gasteiger partial charge in [0, 0.05) is 56.2 Å². The van der Waals surface area contributed by atoms with Gasteiger partial charge < -0.3 is 18.8 Å². The molecule has 3 aromatic heterocycles. The molecule has 0 aliphatic carbocycles. The zero-order valence-corrected chi connectivity index (χ0v) is 18.0. The Morgan fingerprint density at radius 2 is 1.84 bits per heavy atom. The SMILES string of the molecule is COc1cc(N2CCC(Oc3ccc(F)cc3)CC2)nc(-c2cn3ccnc3cc2C)n1. The fourth-order valence-corrected chi connectivity index (χ4v) is 4.00. The van der Waals surface area contributed by atoms with E-state index >= 15 is 0 Å². The van der Waals surface area contributed by atoms with Crippen LogP contribution in [0.4, 0.5) is 10.2 Å². The third kappa shape index (κ3) is 4.08. The second-order valence-electron chi connectivity index (χ2n) is 7.91. The molecular formula is C24H24FN5O2. The van der Waals surface area contributed by atoms with Crippen molar-refractivity contribution >= 4 is 11.5 Å². The molecule has 1 aliphatic rings. The van der Waals surface area contributed by atoms with Crippen LogP contribution in [0.3, 0.4) is 0 Å².